The van der Waals surface area contributed by atoms with Gasteiger partial charge in [0.05, 0.1) is 29.6 Å². The zero-order valence-electron chi connectivity index (χ0n) is 24.0. The number of hydrogen-bond acceptors (Lipinski definition) is 7. The van der Waals surface area contributed by atoms with E-state index in [4.69, 9.17) is 26.2 Å². The zero-order chi connectivity index (χ0) is 32.0. The first-order valence-electron chi connectivity index (χ1n) is 13.6. The third-order valence-electron chi connectivity index (χ3n) is 7.44. The van der Waals surface area contributed by atoms with Gasteiger partial charge in [0.2, 0.25) is 11.7 Å². The topological polar surface area (TPSA) is 146 Å². The summed E-state index contributed by atoms with van der Waals surface area (Å²) in [7, 11) is 2.74. The van der Waals surface area contributed by atoms with Crippen LogP contribution in [0.5, 0.6) is 5.75 Å². The summed E-state index contributed by atoms with van der Waals surface area (Å²) < 4.78 is 35.0. The van der Waals surface area contributed by atoms with Gasteiger partial charge in [0.1, 0.15) is 0 Å². The van der Waals surface area contributed by atoms with E-state index in [-0.39, 0.29) is 51.7 Å². The van der Waals surface area contributed by atoms with Crippen LogP contribution in [0.25, 0.3) is 11.3 Å². The number of aromatic nitrogens is 2. The lowest BCUT2D eigenvalue weighted by atomic mass is 9.98. The number of carboxylic acid groups (broad SMARTS) is 1. The second-order valence-corrected chi connectivity index (χ2v) is 10.5. The van der Waals surface area contributed by atoms with E-state index in [2.05, 4.69) is 15.6 Å². The fourth-order valence-electron chi connectivity index (χ4n) is 4.91. The quantitative estimate of drug-likeness (QED) is 0.337. The number of imidazole rings is 1. The molecule has 12 nitrogen and oxygen atoms in total. The Bertz CT molecular complexity index is 1560. The first-order valence-corrected chi connectivity index (χ1v) is 14.0. The Morgan fingerprint density at radius 3 is 2.36 bits per heavy atom. The molecule has 0 radical (unpaired) electrons. The van der Waals surface area contributed by atoms with Gasteiger partial charge in [0, 0.05) is 50.9 Å². The van der Waals surface area contributed by atoms with E-state index in [0.29, 0.717) is 44.2 Å². The maximum atomic E-state index is 14.6. The van der Waals surface area contributed by atoms with Crippen LogP contribution in [0, 0.1) is 17.6 Å². The predicted octanol–water partition coefficient (Wildman–Crippen LogP) is 2.87. The number of anilines is 1. The lowest BCUT2D eigenvalue weighted by molar-refractivity contribution is -0.134. The number of amides is 3. The molecule has 3 aromatic rings. The molecule has 44 heavy (non-hydrogen) atoms. The number of carbonyl (C=O) groups excluding carboxylic acids is 3. The van der Waals surface area contributed by atoms with E-state index in [1.54, 1.807) is 15.9 Å². The van der Waals surface area contributed by atoms with Crippen LogP contribution in [0.3, 0.4) is 0 Å². The van der Waals surface area contributed by atoms with Crippen LogP contribution < -0.4 is 15.4 Å². The van der Waals surface area contributed by atoms with Crippen molar-refractivity contribution in [3.63, 3.8) is 0 Å². The zero-order valence-corrected chi connectivity index (χ0v) is 24.7. The van der Waals surface area contributed by atoms with Gasteiger partial charge in [0.15, 0.2) is 17.4 Å². The Kier molecular flexibility index (Phi) is 10.5. The summed E-state index contributed by atoms with van der Waals surface area (Å²) in [6.45, 7) is 3.23. The number of carbonyl (C=O) groups is 4. The molecule has 15 heteroatoms. The highest BCUT2D eigenvalue weighted by Gasteiger charge is 2.29. The van der Waals surface area contributed by atoms with E-state index < -0.39 is 17.5 Å². The van der Waals surface area contributed by atoms with Crippen LogP contribution in [-0.2, 0) is 16.6 Å². The Hall–Kier alpha value is -4.56. The van der Waals surface area contributed by atoms with Crippen molar-refractivity contribution in [2.24, 2.45) is 13.0 Å². The van der Waals surface area contributed by atoms with Gasteiger partial charge >= 0.3 is 0 Å². The highest BCUT2D eigenvalue weighted by atomic mass is 35.5. The van der Waals surface area contributed by atoms with Gasteiger partial charge in [-0.1, -0.05) is 11.6 Å². The standard InChI is InChI=1S/C28H29ClF2N6O4.CH2O2/c1-35-21(19-5-6-22(41-2)25(31)24(19)30)15-33-26(35)27(39)34-17-3-4-18(20(29)12-17)28(40)37-9-7-36(8-10-37)23(38)11-16-13-32-14-16;2-1-3/h3-6,12,15-16,32H,7-11,13-14H2,1-2H3,(H,34,39);1H,(H,2,3). The number of piperazine rings is 1. The third kappa shape index (κ3) is 6.97. The highest BCUT2D eigenvalue weighted by Crippen LogP contribution is 2.30. The summed E-state index contributed by atoms with van der Waals surface area (Å²) in [5.74, 6) is -2.91. The van der Waals surface area contributed by atoms with E-state index in [1.165, 1.54) is 49.2 Å². The predicted molar refractivity (Wildman–Crippen MR) is 157 cm³/mol. The van der Waals surface area contributed by atoms with Crippen molar-refractivity contribution in [2.75, 3.05) is 51.7 Å². The molecule has 2 aliphatic rings. The van der Waals surface area contributed by atoms with Crippen molar-refractivity contribution in [1.82, 2.24) is 24.7 Å². The van der Waals surface area contributed by atoms with Gasteiger partial charge in [-0.2, -0.15) is 4.39 Å². The van der Waals surface area contributed by atoms with E-state index in [0.717, 1.165) is 13.1 Å². The first kappa shape index (κ1) is 32.4. The second-order valence-electron chi connectivity index (χ2n) is 10.1. The number of methoxy groups -OCH3 is 1. The maximum Gasteiger partial charge on any atom is 0.291 e. The molecule has 0 aliphatic carbocycles. The molecule has 0 saturated carbocycles. The largest absolute Gasteiger partial charge is 0.494 e. The van der Waals surface area contributed by atoms with Crippen LogP contribution in [0.1, 0.15) is 27.4 Å². The molecule has 234 valence electrons. The Balaban J connectivity index is 0.00000141. The normalized spacial score (nSPS) is 14.7. The maximum absolute atomic E-state index is 14.6. The Labute approximate surface area is 256 Å². The number of nitrogens with one attached hydrogen (secondary N) is 2. The van der Waals surface area contributed by atoms with Crippen molar-refractivity contribution in [1.29, 1.82) is 0 Å². The Morgan fingerprint density at radius 2 is 1.77 bits per heavy atom. The average molecular weight is 633 g/mol. The van der Waals surface area contributed by atoms with Gasteiger partial charge < -0.3 is 34.8 Å². The van der Waals surface area contributed by atoms with Crippen molar-refractivity contribution >= 4 is 41.5 Å². The summed E-state index contributed by atoms with van der Waals surface area (Å²) in [5.41, 5.74) is 0.712. The van der Waals surface area contributed by atoms with E-state index in [9.17, 15) is 23.2 Å². The van der Waals surface area contributed by atoms with Gasteiger partial charge in [-0.15, -0.1) is 0 Å². The van der Waals surface area contributed by atoms with Crippen LogP contribution in [-0.4, -0.2) is 95.0 Å². The molecule has 2 fully saturated rings. The first-order chi connectivity index (χ1) is 21.1. The number of rotatable bonds is 7. The number of ether oxygens (including phenoxy) is 1. The second kappa shape index (κ2) is 14.3. The number of halogens is 3. The molecule has 1 aromatic heterocycles. The van der Waals surface area contributed by atoms with E-state index >= 15 is 0 Å². The van der Waals surface area contributed by atoms with Gasteiger partial charge in [-0.3, -0.25) is 19.2 Å². The minimum atomic E-state index is -1.14. The van der Waals surface area contributed by atoms with E-state index in [1.807, 2.05) is 0 Å². The molecular formula is C29H31ClF2N6O6. The summed E-state index contributed by atoms with van der Waals surface area (Å²) in [5, 5.41) is 12.9. The monoisotopic (exact) mass is 632 g/mol. The SMILES string of the molecule is COc1ccc(-c2cnc(C(=O)Nc3ccc(C(=O)N4CCN(C(=O)CC5CNC5)CC4)c(Cl)c3)n2C)c(F)c1F.O=CO. The lowest BCUT2D eigenvalue weighted by Gasteiger charge is -2.36. The minimum absolute atomic E-state index is 0.0482. The molecule has 0 atom stereocenters. The van der Waals surface area contributed by atoms with Crippen LogP contribution in [0.4, 0.5) is 14.5 Å². The van der Waals surface area contributed by atoms with Gasteiger partial charge in [-0.05, 0) is 49.3 Å². The summed E-state index contributed by atoms with van der Waals surface area (Å²) >= 11 is 6.43. The molecule has 2 aromatic carbocycles. The molecule has 0 spiro atoms. The molecule has 3 heterocycles. The highest BCUT2D eigenvalue weighted by molar-refractivity contribution is 6.34. The summed E-state index contributed by atoms with van der Waals surface area (Å²) in [4.78, 5) is 54.4. The molecule has 3 N–H and O–H groups in total. The van der Waals surface area contributed by atoms with Crippen molar-refractivity contribution in [3.8, 4) is 17.0 Å². The number of nitrogens with zero attached hydrogens (tertiary/aromatic N) is 4. The fourth-order valence-corrected chi connectivity index (χ4v) is 5.17. The Morgan fingerprint density at radius 1 is 1.11 bits per heavy atom. The molecule has 0 unspecified atom stereocenters. The van der Waals surface area contributed by atoms with Gasteiger partial charge in [-0.25, -0.2) is 9.37 Å². The molecule has 3 amide bonds. The van der Waals surface area contributed by atoms with Gasteiger partial charge in [0.25, 0.3) is 18.3 Å². The van der Waals surface area contributed by atoms with Crippen molar-refractivity contribution < 1.29 is 37.8 Å². The fraction of sp³-hybridized carbons (Fsp3) is 0.345. The van der Waals surface area contributed by atoms with Crippen LogP contribution >= 0.6 is 11.6 Å². The third-order valence-corrected chi connectivity index (χ3v) is 7.75. The van der Waals surface area contributed by atoms with Crippen LogP contribution in [0.2, 0.25) is 5.02 Å². The summed E-state index contributed by atoms with van der Waals surface area (Å²) in [6, 6.07) is 7.17. The smallest absolute Gasteiger partial charge is 0.291 e. The summed E-state index contributed by atoms with van der Waals surface area (Å²) in [6.07, 6.45) is 1.79. The lowest BCUT2D eigenvalue weighted by Crippen LogP contribution is -2.52. The van der Waals surface area contributed by atoms with Crippen LogP contribution in [0.15, 0.2) is 36.5 Å². The molecular weight excluding hydrogens is 602 g/mol. The molecule has 2 aliphatic heterocycles. The molecule has 2 saturated heterocycles. The average Bonchev–Trinajstić information content (AvgIpc) is 3.37. The van der Waals surface area contributed by atoms with Crippen molar-refractivity contribution in [2.45, 2.75) is 6.42 Å². The molecule has 0 bridgehead atoms. The minimum Gasteiger partial charge on any atom is -0.494 e. The number of benzene rings is 2. The molecule has 5 rings (SSSR count). The van der Waals surface area contributed by atoms with Crippen molar-refractivity contribution in [3.05, 3.63) is 64.6 Å². The number of hydrogen-bond donors (Lipinski definition) is 3.